The number of likely N-dealkylation sites (N-methyl/N-ethyl adjacent to an activating group) is 1. The van der Waals surface area contributed by atoms with Gasteiger partial charge < -0.3 is 14.4 Å². The summed E-state index contributed by atoms with van der Waals surface area (Å²) in [5.41, 5.74) is 3.58. The molecule has 0 aromatic heterocycles. The van der Waals surface area contributed by atoms with Crippen LogP contribution >= 0.6 is 0 Å². The van der Waals surface area contributed by atoms with Gasteiger partial charge in [0.15, 0.2) is 0 Å². The fourth-order valence-corrected chi connectivity index (χ4v) is 3.70. The van der Waals surface area contributed by atoms with Gasteiger partial charge in [-0.25, -0.2) is 9.59 Å². The lowest BCUT2D eigenvalue weighted by molar-refractivity contribution is -0.139. The van der Waals surface area contributed by atoms with E-state index in [-0.39, 0.29) is 12.2 Å². The molecule has 0 radical (unpaired) electrons. The van der Waals surface area contributed by atoms with Crippen molar-refractivity contribution in [3.8, 4) is 6.07 Å². The fraction of sp³-hybridized carbons (Fsp3) is 0.240. The molecular formula is C25H24N2O4. The molecule has 158 valence electrons. The van der Waals surface area contributed by atoms with Crippen molar-refractivity contribution in [3.63, 3.8) is 0 Å². The molecule has 0 saturated heterocycles. The van der Waals surface area contributed by atoms with Gasteiger partial charge in [0.1, 0.15) is 18.2 Å². The molecule has 0 aliphatic carbocycles. The quantitative estimate of drug-likeness (QED) is 0.411. The van der Waals surface area contributed by atoms with E-state index in [0.717, 1.165) is 22.5 Å². The van der Waals surface area contributed by atoms with E-state index in [9.17, 15) is 14.9 Å². The van der Waals surface area contributed by atoms with E-state index in [1.165, 1.54) is 13.2 Å². The lowest BCUT2D eigenvalue weighted by Crippen LogP contribution is -2.22. The number of anilines is 1. The molecular weight excluding hydrogens is 392 g/mol. The van der Waals surface area contributed by atoms with Crippen LogP contribution in [0.5, 0.6) is 0 Å². The van der Waals surface area contributed by atoms with Crippen LogP contribution in [0.2, 0.25) is 0 Å². The summed E-state index contributed by atoms with van der Waals surface area (Å²) in [6.45, 7) is 4.15. The summed E-state index contributed by atoms with van der Waals surface area (Å²) in [6, 6.07) is 16.6. The van der Waals surface area contributed by atoms with Crippen LogP contribution in [0.25, 0.3) is 0 Å². The highest BCUT2D eigenvalue weighted by atomic mass is 16.5. The lowest BCUT2D eigenvalue weighted by atomic mass is 9.83. The number of fused-ring (bicyclic) bond motifs is 1. The van der Waals surface area contributed by atoms with E-state index >= 15 is 0 Å². The first kappa shape index (κ1) is 21.8. The van der Waals surface area contributed by atoms with Crippen LogP contribution in [0.4, 0.5) is 5.69 Å². The van der Waals surface area contributed by atoms with Crippen LogP contribution in [0.1, 0.15) is 35.3 Å². The first-order valence-corrected chi connectivity index (χ1v) is 9.79. The summed E-state index contributed by atoms with van der Waals surface area (Å²) in [7, 11) is 3.26. The maximum atomic E-state index is 12.4. The smallest absolute Gasteiger partial charge is 0.349 e. The van der Waals surface area contributed by atoms with Crippen molar-refractivity contribution >= 4 is 17.6 Å². The third-order valence-electron chi connectivity index (χ3n) is 5.42. The Bertz CT molecular complexity index is 1110. The minimum atomic E-state index is -0.674. The molecule has 1 aliphatic rings. The number of methoxy groups -OCH3 is 1. The predicted octanol–water partition coefficient (Wildman–Crippen LogP) is 4.28. The molecule has 0 unspecified atom stereocenters. The first-order valence-electron chi connectivity index (χ1n) is 9.79. The second-order valence-electron chi connectivity index (χ2n) is 7.71. The standard InChI is InChI=1S/C25H24N2O4/c1-25(2)20-14-18(23(28)30-4)10-12-21(20)27(3)22(25)13-11-19(15-26)24(29)31-16-17-8-6-5-7-9-17/h5-14H,16H2,1-4H3. The van der Waals surface area contributed by atoms with Crippen LogP contribution in [0.3, 0.4) is 0 Å². The number of nitriles is 1. The molecule has 3 rings (SSSR count). The predicted molar refractivity (Wildman–Crippen MR) is 117 cm³/mol. The summed E-state index contributed by atoms with van der Waals surface area (Å²) in [5, 5.41) is 9.45. The zero-order valence-electron chi connectivity index (χ0n) is 18.0. The largest absolute Gasteiger partial charge is 0.465 e. The molecule has 0 saturated carbocycles. The number of carbonyl (C=O) groups excluding carboxylic acids is 2. The van der Waals surface area contributed by atoms with Gasteiger partial charge in [-0.1, -0.05) is 44.2 Å². The van der Waals surface area contributed by atoms with E-state index in [2.05, 4.69) is 0 Å². The monoisotopic (exact) mass is 416 g/mol. The highest BCUT2D eigenvalue weighted by molar-refractivity contribution is 5.93. The topological polar surface area (TPSA) is 79.6 Å². The maximum Gasteiger partial charge on any atom is 0.349 e. The Kier molecular flexibility index (Phi) is 6.26. The number of hydrogen-bond donors (Lipinski definition) is 0. The van der Waals surface area contributed by atoms with Gasteiger partial charge in [-0.3, -0.25) is 0 Å². The molecule has 2 aromatic rings. The van der Waals surface area contributed by atoms with Crippen molar-refractivity contribution in [3.05, 3.63) is 88.6 Å². The van der Waals surface area contributed by atoms with Gasteiger partial charge in [-0.2, -0.15) is 5.26 Å². The molecule has 0 fully saturated rings. The molecule has 0 atom stereocenters. The van der Waals surface area contributed by atoms with Gasteiger partial charge in [-0.05, 0) is 41.5 Å². The van der Waals surface area contributed by atoms with E-state index in [1.807, 2.05) is 74.3 Å². The van der Waals surface area contributed by atoms with Crippen molar-refractivity contribution in [1.82, 2.24) is 0 Å². The Morgan fingerprint density at radius 3 is 2.52 bits per heavy atom. The number of nitrogens with zero attached hydrogens (tertiary/aromatic N) is 2. The number of carbonyl (C=O) groups is 2. The minimum Gasteiger partial charge on any atom is -0.465 e. The average molecular weight is 416 g/mol. The Hall–Kier alpha value is -3.85. The average Bonchev–Trinajstić information content (AvgIpc) is 2.97. The molecule has 31 heavy (non-hydrogen) atoms. The normalized spacial score (nSPS) is 15.9. The van der Waals surface area contributed by atoms with Crippen LogP contribution in [0, 0.1) is 11.3 Å². The summed E-state index contributed by atoms with van der Waals surface area (Å²) >= 11 is 0. The molecule has 2 aromatic carbocycles. The third-order valence-corrected chi connectivity index (χ3v) is 5.42. The van der Waals surface area contributed by atoms with Gasteiger partial charge in [-0.15, -0.1) is 0 Å². The molecule has 0 amide bonds. The number of hydrogen-bond acceptors (Lipinski definition) is 6. The van der Waals surface area contributed by atoms with Crippen molar-refractivity contribution < 1.29 is 19.1 Å². The zero-order chi connectivity index (χ0) is 22.6. The Morgan fingerprint density at radius 2 is 1.87 bits per heavy atom. The summed E-state index contributed by atoms with van der Waals surface area (Å²) < 4.78 is 10.1. The Labute approximate surface area is 182 Å². The van der Waals surface area contributed by atoms with E-state index in [1.54, 1.807) is 12.1 Å². The Morgan fingerprint density at radius 1 is 1.16 bits per heavy atom. The molecule has 1 heterocycles. The van der Waals surface area contributed by atoms with Crippen LogP contribution in [-0.4, -0.2) is 26.1 Å². The van der Waals surface area contributed by atoms with Gasteiger partial charge in [0, 0.05) is 23.8 Å². The summed E-state index contributed by atoms with van der Waals surface area (Å²) in [6.07, 6.45) is 3.23. The number of ether oxygens (including phenoxy) is 2. The van der Waals surface area contributed by atoms with Crippen molar-refractivity contribution in [2.75, 3.05) is 19.1 Å². The SMILES string of the molecule is COC(=O)c1ccc2c(c1)C(C)(C)C(=CC=C(C#N)C(=O)OCc1ccccc1)N2C. The highest BCUT2D eigenvalue weighted by Gasteiger charge is 2.38. The van der Waals surface area contributed by atoms with Crippen LogP contribution < -0.4 is 4.90 Å². The molecule has 0 N–H and O–H groups in total. The number of esters is 2. The van der Waals surface area contributed by atoms with Crippen molar-refractivity contribution in [2.24, 2.45) is 0 Å². The van der Waals surface area contributed by atoms with Gasteiger partial charge in [0.2, 0.25) is 0 Å². The van der Waals surface area contributed by atoms with Crippen molar-refractivity contribution in [2.45, 2.75) is 25.9 Å². The third kappa shape index (κ3) is 4.36. The molecule has 0 bridgehead atoms. The molecule has 0 spiro atoms. The highest BCUT2D eigenvalue weighted by Crippen LogP contribution is 2.47. The van der Waals surface area contributed by atoms with Crippen LogP contribution in [-0.2, 0) is 26.3 Å². The maximum absolute atomic E-state index is 12.4. The Balaban J connectivity index is 1.85. The van der Waals surface area contributed by atoms with Gasteiger partial charge in [0.05, 0.1) is 12.7 Å². The number of benzene rings is 2. The molecule has 6 nitrogen and oxygen atoms in total. The van der Waals surface area contributed by atoms with Crippen molar-refractivity contribution in [1.29, 1.82) is 5.26 Å². The van der Waals surface area contributed by atoms with Crippen LogP contribution in [0.15, 0.2) is 72.0 Å². The summed E-state index contributed by atoms with van der Waals surface area (Å²) in [4.78, 5) is 26.3. The second kappa shape index (κ2) is 8.88. The van der Waals surface area contributed by atoms with E-state index < -0.39 is 17.4 Å². The second-order valence-corrected chi connectivity index (χ2v) is 7.71. The number of rotatable bonds is 5. The molecule has 6 heteroatoms. The minimum absolute atomic E-state index is 0.0844. The lowest BCUT2D eigenvalue weighted by Gasteiger charge is -2.23. The van der Waals surface area contributed by atoms with E-state index in [4.69, 9.17) is 9.47 Å². The summed E-state index contributed by atoms with van der Waals surface area (Å²) in [5.74, 6) is -1.07. The molecule has 1 aliphatic heterocycles. The number of allylic oxidation sites excluding steroid dienone is 3. The van der Waals surface area contributed by atoms with Gasteiger partial charge in [0.25, 0.3) is 0 Å². The van der Waals surface area contributed by atoms with E-state index in [0.29, 0.717) is 5.56 Å². The van der Waals surface area contributed by atoms with Gasteiger partial charge >= 0.3 is 11.9 Å². The zero-order valence-corrected chi connectivity index (χ0v) is 18.0. The first-order chi connectivity index (χ1) is 14.8. The fourth-order valence-electron chi connectivity index (χ4n) is 3.70.